The van der Waals surface area contributed by atoms with E-state index < -0.39 is 5.97 Å². The first kappa shape index (κ1) is 13.2. The average molecular weight is 254 g/mol. The zero-order valence-corrected chi connectivity index (χ0v) is 11.1. The molecule has 0 aliphatic carbocycles. The van der Waals surface area contributed by atoms with Crippen LogP contribution in [-0.2, 0) is 4.79 Å². The van der Waals surface area contributed by atoms with Crippen LogP contribution in [0.2, 0.25) is 0 Å². The van der Waals surface area contributed by atoms with Crippen LogP contribution in [0, 0.1) is 17.8 Å². The minimum absolute atomic E-state index is 0.0229. The highest BCUT2D eigenvalue weighted by atomic mass is 16.4. The third-order valence-electron chi connectivity index (χ3n) is 4.25. The summed E-state index contributed by atoms with van der Waals surface area (Å²) < 4.78 is 0. The maximum absolute atomic E-state index is 12.1. The molecule has 0 unspecified atom stereocenters. The van der Waals surface area contributed by atoms with Crippen molar-refractivity contribution < 1.29 is 14.7 Å². The third kappa shape index (κ3) is 2.60. The molecule has 0 aromatic heterocycles. The molecule has 2 aliphatic rings. The molecule has 2 amide bonds. The van der Waals surface area contributed by atoms with Crippen LogP contribution in [0.5, 0.6) is 0 Å². The first-order valence-electron chi connectivity index (χ1n) is 6.75. The average Bonchev–Trinajstić information content (AvgIpc) is 2.26. The fourth-order valence-corrected chi connectivity index (χ4v) is 2.75. The van der Waals surface area contributed by atoms with Gasteiger partial charge in [0.05, 0.1) is 5.92 Å². The van der Waals surface area contributed by atoms with E-state index in [1.807, 2.05) is 4.90 Å². The Kier molecular flexibility index (Phi) is 3.78. The molecule has 0 bridgehead atoms. The quantitative estimate of drug-likeness (QED) is 0.812. The monoisotopic (exact) mass is 254 g/mol. The van der Waals surface area contributed by atoms with Crippen molar-refractivity contribution in [1.29, 1.82) is 0 Å². The SMILES string of the molecule is CC(C)C1CCN(C(=O)N2CC(C(=O)O)C2)CC1. The van der Waals surface area contributed by atoms with Gasteiger partial charge in [-0.15, -0.1) is 0 Å². The second kappa shape index (κ2) is 5.16. The van der Waals surface area contributed by atoms with Crippen LogP contribution >= 0.6 is 0 Å². The summed E-state index contributed by atoms with van der Waals surface area (Å²) in [6, 6.07) is 0.0229. The van der Waals surface area contributed by atoms with Crippen LogP contribution in [0.15, 0.2) is 0 Å². The molecule has 2 fully saturated rings. The number of piperidine rings is 1. The van der Waals surface area contributed by atoms with Crippen LogP contribution < -0.4 is 0 Å². The number of carboxylic acids is 1. The summed E-state index contributed by atoms with van der Waals surface area (Å²) in [5.74, 6) is 0.250. The van der Waals surface area contributed by atoms with Crippen molar-refractivity contribution in [3.05, 3.63) is 0 Å². The standard InChI is InChI=1S/C13H22N2O3/c1-9(2)10-3-5-14(6-4-10)13(18)15-7-11(8-15)12(16)17/h9-11H,3-8H2,1-2H3,(H,16,17). The lowest BCUT2D eigenvalue weighted by Crippen LogP contribution is -2.58. The Labute approximate surface area is 108 Å². The summed E-state index contributed by atoms with van der Waals surface area (Å²) in [6.45, 7) is 6.84. The molecule has 18 heavy (non-hydrogen) atoms. The van der Waals surface area contributed by atoms with E-state index in [0.29, 0.717) is 19.0 Å². The molecule has 0 atom stereocenters. The maximum atomic E-state index is 12.1. The molecule has 5 heteroatoms. The van der Waals surface area contributed by atoms with E-state index >= 15 is 0 Å². The Morgan fingerprint density at radius 3 is 2.11 bits per heavy atom. The Balaban J connectivity index is 1.77. The van der Waals surface area contributed by atoms with Gasteiger partial charge in [-0.1, -0.05) is 13.8 Å². The molecule has 0 spiro atoms. The fourth-order valence-electron chi connectivity index (χ4n) is 2.75. The minimum atomic E-state index is -0.794. The van der Waals surface area contributed by atoms with Crippen LogP contribution in [0.3, 0.4) is 0 Å². The smallest absolute Gasteiger partial charge is 0.320 e. The summed E-state index contributed by atoms with van der Waals surface area (Å²) in [6.07, 6.45) is 2.14. The molecule has 2 saturated heterocycles. The lowest BCUT2D eigenvalue weighted by molar-refractivity contribution is -0.146. The van der Waals surface area contributed by atoms with Crippen molar-refractivity contribution in [2.75, 3.05) is 26.2 Å². The summed E-state index contributed by atoms with van der Waals surface area (Å²) in [7, 11) is 0. The first-order chi connectivity index (χ1) is 8.49. The molecule has 1 N–H and O–H groups in total. The summed E-state index contributed by atoms with van der Waals surface area (Å²) in [5, 5.41) is 8.79. The van der Waals surface area contributed by atoms with Gasteiger partial charge in [0.2, 0.25) is 0 Å². The predicted octanol–water partition coefficient (Wildman–Crippen LogP) is 1.49. The second-order valence-electron chi connectivity index (χ2n) is 5.79. The largest absolute Gasteiger partial charge is 0.481 e. The van der Waals surface area contributed by atoms with Crippen LogP contribution in [-0.4, -0.2) is 53.1 Å². The van der Waals surface area contributed by atoms with E-state index in [1.165, 1.54) is 0 Å². The highest BCUT2D eigenvalue weighted by molar-refractivity contribution is 5.79. The molecule has 0 aromatic rings. The Morgan fingerprint density at radius 1 is 1.11 bits per heavy atom. The molecule has 0 radical (unpaired) electrons. The molecule has 102 valence electrons. The van der Waals surface area contributed by atoms with E-state index in [-0.39, 0.29) is 11.9 Å². The number of carbonyl (C=O) groups is 2. The Bertz CT molecular complexity index is 329. The van der Waals surface area contributed by atoms with Crippen molar-refractivity contribution in [3.8, 4) is 0 Å². The Morgan fingerprint density at radius 2 is 1.67 bits per heavy atom. The molecular weight excluding hydrogens is 232 g/mol. The summed E-state index contributed by atoms with van der Waals surface area (Å²) in [5.41, 5.74) is 0. The molecule has 0 aromatic carbocycles. The third-order valence-corrected chi connectivity index (χ3v) is 4.25. The molecule has 2 rings (SSSR count). The van der Waals surface area contributed by atoms with Gasteiger partial charge in [0, 0.05) is 26.2 Å². The molecule has 5 nitrogen and oxygen atoms in total. The van der Waals surface area contributed by atoms with Crippen LogP contribution in [0.1, 0.15) is 26.7 Å². The van der Waals surface area contributed by atoms with Crippen LogP contribution in [0.4, 0.5) is 4.79 Å². The number of hydrogen-bond donors (Lipinski definition) is 1. The summed E-state index contributed by atoms with van der Waals surface area (Å²) in [4.78, 5) is 26.3. The number of aliphatic carboxylic acids is 1. The van der Waals surface area contributed by atoms with E-state index in [2.05, 4.69) is 13.8 Å². The minimum Gasteiger partial charge on any atom is -0.481 e. The van der Waals surface area contributed by atoms with E-state index in [4.69, 9.17) is 5.11 Å². The summed E-state index contributed by atoms with van der Waals surface area (Å²) >= 11 is 0. The number of rotatable bonds is 2. The number of carbonyl (C=O) groups excluding carboxylic acids is 1. The lowest BCUT2D eigenvalue weighted by atomic mass is 9.87. The Hall–Kier alpha value is -1.26. The van der Waals surface area contributed by atoms with Gasteiger partial charge in [-0.05, 0) is 24.7 Å². The first-order valence-corrected chi connectivity index (χ1v) is 6.75. The predicted molar refractivity (Wildman–Crippen MR) is 67.2 cm³/mol. The van der Waals surface area contributed by atoms with Crippen molar-refractivity contribution >= 4 is 12.0 Å². The van der Waals surface area contributed by atoms with Gasteiger partial charge < -0.3 is 14.9 Å². The van der Waals surface area contributed by atoms with Crippen molar-refractivity contribution in [3.63, 3.8) is 0 Å². The highest BCUT2D eigenvalue weighted by Crippen LogP contribution is 2.26. The number of carboxylic acid groups (broad SMARTS) is 1. The number of hydrogen-bond acceptors (Lipinski definition) is 2. The van der Waals surface area contributed by atoms with Gasteiger partial charge in [0.15, 0.2) is 0 Å². The zero-order chi connectivity index (χ0) is 13.3. The van der Waals surface area contributed by atoms with Crippen molar-refractivity contribution in [2.24, 2.45) is 17.8 Å². The highest BCUT2D eigenvalue weighted by Gasteiger charge is 2.38. The molecule has 2 heterocycles. The van der Waals surface area contributed by atoms with E-state index in [0.717, 1.165) is 31.8 Å². The number of likely N-dealkylation sites (tertiary alicyclic amines) is 2. The van der Waals surface area contributed by atoms with Gasteiger partial charge in [0.1, 0.15) is 0 Å². The van der Waals surface area contributed by atoms with Crippen LogP contribution in [0.25, 0.3) is 0 Å². The molecule has 2 aliphatic heterocycles. The molecule has 0 saturated carbocycles. The fraction of sp³-hybridized carbons (Fsp3) is 0.846. The van der Waals surface area contributed by atoms with Gasteiger partial charge in [-0.2, -0.15) is 0 Å². The van der Waals surface area contributed by atoms with E-state index in [1.54, 1.807) is 4.90 Å². The number of nitrogens with zero attached hydrogens (tertiary/aromatic N) is 2. The second-order valence-corrected chi connectivity index (χ2v) is 5.79. The topological polar surface area (TPSA) is 60.9 Å². The number of amides is 2. The number of urea groups is 1. The van der Waals surface area contributed by atoms with Gasteiger partial charge in [-0.25, -0.2) is 4.79 Å². The maximum Gasteiger partial charge on any atom is 0.320 e. The van der Waals surface area contributed by atoms with E-state index in [9.17, 15) is 9.59 Å². The van der Waals surface area contributed by atoms with Gasteiger partial charge >= 0.3 is 12.0 Å². The zero-order valence-electron chi connectivity index (χ0n) is 11.1. The van der Waals surface area contributed by atoms with Gasteiger partial charge in [0.25, 0.3) is 0 Å². The molecular formula is C13H22N2O3. The van der Waals surface area contributed by atoms with Crippen molar-refractivity contribution in [2.45, 2.75) is 26.7 Å². The lowest BCUT2D eigenvalue weighted by Gasteiger charge is -2.42. The normalized spacial score (nSPS) is 22.2. The van der Waals surface area contributed by atoms with Crippen molar-refractivity contribution in [1.82, 2.24) is 9.80 Å². The van der Waals surface area contributed by atoms with Gasteiger partial charge in [-0.3, -0.25) is 4.79 Å².